The van der Waals surface area contributed by atoms with Crippen LogP contribution in [0.5, 0.6) is 0 Å². The van der Waals surface area contributed by atoms with Crippen molar-refractivity contribution in [2.45, 2.75) is 32.2 Å². The Morgan fingerprint density at radius 2 is 1.92 bits per heavy atom. The molecule has 0 aliphatic carbocycles. The van der Waals surface area contributed by atoms with Crippen LogP contribution in [-0.4, -0.2) is 57.7 Å². The van der Waals surface area contributed by atoms with Gasteiger partial charge in [0.1, 0.15) is 6.04 Å². The van der Waals surface area contributed by atoms with Gasteiger partial charge < -0.3 is 10.2 Å². The van der Waals surface area contributed by atoms with E-state index in [1.54, 1.807) is 0 Å². The number of nitrogens with one attached hydrogen (secondary N) is 1. The van der Waals surface area contributed by atoms with Gasteiger partial charge in [0, 0.05) is 12.6 Å². The molecule has 1 fully saturated rings. The van der Waals surface area contributed by atoms with Crippen molar-refractivity contribution in [3.63, 3.8) is 0 Å². The van der Waals surface area contributed by atoms with E-state index in [4.69, 9.17) is 0 Å². The number of anilines is 1. The van der Waals surface area contributed by atoms with E-state index < -0.39 is 33.6 Å². The van der Waals surface area contributed by atoms with E-state index in [1.165, 1.54) is 19.8 Å². The fourth-order valence-electron chi connectivity index (χ4n) is 3.10. The molecule has 1 heterocycles. The van der Waals surface area contributed by atoms with Gasteiger partial charge in [-0.15, -0.1) is 0 Å². The number of hydrogen-bond donors (Lipinski definition) is 1. The molecule has 1 aromatic rings. The van der Waals surface area contributed by atoms with Gasteiger partial charge in [0.2, 0.25) is 15.9 Å². The van der Waals surface area contributed by atoms with E-state index in [-0.39, 0.29) is 5.69 Å². The number of likely N-dealkylation sites (tertiary alicyclic amines) is 1. The van der Waals surface area contributed by atoms with Gasteiger partial charge in [0.25, 0.3) is 0 Å². The number of halogens is 2. The molecule has 0 radical (unpaired) electrons. The number of sulfonamides is 1. The van der Waals surface area contributed by atoms with E-state index in [0.29, 0.717) is 6.54 Å². The van der Waals surface area contributed by atoms with Crippen LogP contribution in [-0.2, 0) is 14.8 Å². The quantitative estimate of drug-likeness (QED) is 0.688. The van der Waals surface area contributed by atoms with Crippen LogP contribution in [0.15, 0.2) is 18.2 Å². The zero-order valence-corrected chi connectivity index (χ0v) is 15.9. The largest absolute Gasteiger partial charge is 0.354 e. The molecule has 0 aromatic heterocycles. The van der Waals surface area contributed by atoms with Gasteiger partial charge >= 0.3 is 0 Å². The highest BCUT2D eigenvalue weighted by atomic mass is 32.2. The molecule has 0 saturated carbocycles. The highest BCUT2D eigenvalue weighted by Gasteiger charge is 2.29. The minimum absolute atomic E-state index is 0.0916. The molecule has 0 bridgehead atoms. The Hall–Kier alpha value is -1.74. The fourth-order valence-corrected chi connectivity index (χ4v) is 4.27. The molecule has 26 heavy (non-hydrogen) atoms. The molecule has 1 N–H and O–H groups in total. The summed E-state index contributed by atoms with van der Waals surface area (Å²) in [5, 5.41) is 2.72. The first-order valence-electron chi connectivity index (χ1n) is 8.64. The highest BCUT2D eigenvalue weighted by molar-refractivity contribution is 7.92. The normalized spacial score (nSPS) is 16.5. The van der Waals surface area contributed by atoms with E-state index in [0.717, 1.165) is 54.8 Å². The average molecular weight is 389 g/mol. The lowest BCUT2D eigenvalue weighted by Gasteiger charge is -2.28. The number of nitrogens with zero attached hydrogens (tertiary/aromatic N) is 2. The van der Waals surface area contributed by atoms with E-state index in [1.807, 2.05) is 0 Å². The van der Waals surface area contributed by atoms with Gasteiger partial charge in [-0.05, 0) is 58.0 Å². The smallest absolute Gasteiger partial charge is 0.243 e. The van der Waals surface area contributed by atoms with Gasteiger partial charge in [0.15, 0.2) is 11.6 Å². The molecule has 146 valence electrons. The molecule has 1 amide bonds. The Bertz CT molecular complexity index is 737. The summed E-state index contributed by atoms with van der Waals surface area (Å²) in [6.07, 6.45) is 4.08. The van der Waals surface area contributed by atoms with E-state index >= 15 is 0 Å². The lowest BCUT2D eigenvalue weighted by molar-refractivity contribution is -0.121. The van der Waals surface area contributed by atoms with Crippen molar-refractivity contribution in [1.29, 1.82) is 0 Å². The summed E-state index contributed by atoms with van der Waals surface area (Å²) in [5.41, 5.74) is -0.0916. The molecule has 9 heteroatoms. The molecular weight excluding hydrogens is 364 g/mol. The number of benzene rings is 1. The second-order valence-electron chi connectivity index (χ2n) is 6.53. The molecule has 1 aromatic carbocycles. The Labute approximate surface area is 153 Å². The van der Waals surface area contributed by atoms with Crippen LogP contribution in [0.1, 0.15) is 26.2 Å². The molecule has 1 atom stereocenters. The summed E-state index contributed by atoms with van der Waals surface area (Å²) in [6.45, 7) is 4.87. The Morgan fingerprint density at radius 3 is 2.50 bits per heavy atom. The first kappa shape index (κ1) is 20.6. The van der Waals surface area contributed by atoms with Gasteiger partial charge in [-0.25, -0.2) is 17.2 Å². The third-order valence-corrected chi connectivity index (χ3v) is 5.64. The second-order valence-corrected chi connectivity index (χ2v) is 8.39. The lowest BCUT2D eigenvalue weighted by Crippen LogP contribution is -2.48. The summed E-state index contributed by atoms with van der Waals surface area (Å²) in [6, 6.07) is 1.66. The number of carbonyl (C=O) groups excluding carboxylic acids is 1. The zero-order valence-electron chi connectivity index (χ0n) is 15.0. The third kappa shape index (κ3) is 5.38. The first-order valence-corrected chi connectivity index (χ1v) is 10.5. The second kappa shape index (κ2) is 8.77. The Morgan fingerprint density at radius 1 is 1.27 bits per heavy atom. The predicted octanol–water partition coefficient (Wildman–Crippen LogP) is 1.72. The van der Waals surface area contributed by atoms with Crippen molar-refractivity contribution in [1.82, 2.24) is 10.2 Å². The number of hydrogen-bond acceptors (Lipinski definition) is 4. The van der Waals surface area contributed by atoms with Crippen LogP contribution in [0.25, 0.3) is 0 Å². The van der Waals surface area contributed by atoms with Gasteiger partial charge in [-0.3, -0.25) is 9.10 Å². The molecule has 2 rings (SSSR count). The van der Waals surface area contributed by atoms with Crippen molar-refractivity contribution in [2.75, 3.05) is 36.7 Å². The maximum atomic E-state index is 13.5. The third-order valence-electron chi connectivity index (χ3n) is 4.40. The Balaban J connectivity index is 2.00. The van der Waals surface area contributed by atoms with Crippen molar-refractivity contribution < 1.29 is 22.0 Å². The van der Waals surface area contributed by atoms with E-state index in [2.05, 4.69) is 10.2 Å². The highest BCUT2D eigenvalue weighted by Crippen LogP contribution is 2.23. The molecule has 1 aliphatic heterocycles. The summed E-state index contributed by atoms with van der Waals surface area (Å²) < 4.78 is 51.6. The number of amides is 1. The number of carbonyl (C=O) groups is 1. The maximum absolute atomic E-state index is 13.5. The van der Waals surface area contributed by atoms with Crippen LogP contribution in [0, 0.1) is 11.6 Å². The maximum Gasteiger partial charge on any atom is 0.243 e. The first-order chi connectivity index (χ1) is 12.2. The summed E-state index contributed by atoms with van der Waals surface area (Å²) in [7, 11) is -3.86. The van der Waals surface area contributed by atoms with Gasteiger partial charge in [-0.1, -0.05) is 0 Å². The minimum Gasteiger partial charge on any atom is -0.354 e. The Kier molecular flexibility index (Phi) is 6.94. The van der Waals surface area contributed by atoms with Crippen LogP contribution < -0.4 is 9.62 Å². The monoisotopic (exact) mass is 389 g/mol. The van der Waals surface area contributed by atoms with Crippen molar-refractivity contribution in [3.05, 3.63) is 29.8 Å². The predicted molar refractivity (Wildman–Crippen MR) is 96.4 cm³/mol. The van der Waals surface area contributed by atoms with Crippen LogP contribution in [0.4, 0.5) is 14.5 Å². The van der Waals surface area contributed by atoms with Gasteiger partial charge in [0.05, 0.1) is 11.9 Å². The summed E-state index contributed by atoms with van der Waals surface area (Å²) >= 11 is 0. The minimum atomic E-state index is -3.86. The SMILES string of the molecule is C[C@@H](C(=O)NCCCN1CCCC1)N(c1ccc(F)c(F)c1)S(C)(=O)=O. The molecule has 1 saturated heterocycles. The summed E-state index contributed by atoms with van der Waals surface area (Å²) in [5.74, 6) is -2.74. The van der Waals surface area contributed by atoms with E-state index in [9.17, 15) is 22.0 Å². The lowest BCUT2D eigenvalue weighted by atomic mass is 10.2. The van der Waals surface area contributed by atoms with Crippen molar-refractivity contribution in [2.24, 2.45) is 0 Å². The molecular formula is C17H25F2N3O3S. The summed E-state index contributed by atoms with van der Waals surface area (Å²) in [4.78, 5) is 14.7. The zero-order chi connectivity index (χ0) is 19.3. The molecule has 1 aliphatic rings. The van der Waals surface area contributed by atoms with Crippen molar-refractivity contribution >= 4 is 21.6 Å². The van der Waals surface area contributed by atoms with Gasteiger partial charge in [-0.2, -0.15) is 0 Å². The van der Waals surface area contributed by atoms with Crippen LogP contribution in [0.2, 0.25) is 0 Å². The molecule has 0 spiro atoms. The molecule has 0 unspecified atom stereocenters. The topological polar surface area (TPSA) is 69.7 Å². The van der Waals surface area contributed by atoms with Crippen LogP contribution in [0.3, 0.4) is 0 Å². The number of rotatable bonds is 8. The van der Waals surface area contributed by atoms with Crippen LogP contribution >= 0.6 is 0 Å². The molecule has 6 nitrogen and oxygen atoms in total. The van der Waals surface area contributed by atoms with Crippen molar-refractivity contribution in [3.8, 4) is 0 Å². The standard InChI is InChI=1S/C17H25F2N3O3S/c1-13(17(23)20-8-5-11-21-9-3-4-10-21)22(26(2,24)25)14-6-7-15(18)16(19)12-14/h6-7,12-13H,3-5,8-11H2,1-2H3,(H,20,23)/t13-/m0/s1. The average Bonchev–Trinajstić information content (AvgIpc) is 3.07. The fraction of sp³-hybridized carbons (Fsp3) is 0.588.